The maximum absolute atomic E-state index is 9.78. The van der Waals surface area contributed by atoms with E-state index in [1.807, 2.05) is 49.4 Å². The number of nitrogens with one attached hydrogen (secondary N) is 1. The third-order valence-corrected chi connectivity index (χ3v) is 4.15. The number of nitrogens with two attached hydrogens (primary N) is 2. The molecule has 2 aromatic carbocycles. The van der Waals surface area contributed by atoms with Crippen LogP contribution >= 0.6 is 0 Å². The van der Waals surface area contributed by atoms with E-state index in [2.05, 4.69) is 11.5 Å². The Labute approximate surface area is 168 Å². The van der Waals surface area contributed by atoms with Crippen LogP contribution in [0.1, 0.15) is 11.3 Å². The summed E-state index contributed by atoms with van der Waals surface area (Å²) in [5.41, 5.74) is 6.07. The number of aryl methyl sites for hydroxylation is 1. The number of methoxy groups -OCH3 is 1. The zero-order valence-electron chi connectivity index (χ0n) is 15.5. The molecular formula is C18H18ClN5O5. The molecule has 152 valence electrons. The van der Waals surface area contributed by atoms with E-state index >= 15 is 0 Å². The van der Waals surface area contributed by atoms with Gasteiger partial charge in [-0.3, -0.25) is 5.84 Å². The Morgan fingerprint density at radius 3 is 2.17 bits per heavy atom. The maximum Gasteiger partial charge on any atom is 0.260 e. The Morgan fingerprint density at radius 2 is 1.69 bits per heavy atom. The number of anilines is 1. The first-order valence-corrected chi connectivity index (χ1v) is 9.25. The Hall–Kier alpha value is -3.17. The molecule has 3 rings (SSSR count). The predicted octanol–water partition coefficient (Wildman–Crippen LogP) is -2.77. The molecule has 10 nitrogen and oxygen atoms in total. The lowest BCUT2D eigenvalue weighted by atomic mass is 9.97. The highest BCUT2D eigenvalue weighted by atomic mass is 35.7. The van der Waals surface area contributed by atoms with E-state index in [-0.39, 0.29) is 0 Å². The van der Waals surface area contributed by atoms with Crippen molar-refractivity contribution in [3.63, 3.8) is 0 Å². The minimum absolute atomic E-state index is 0.489. The highest BCUT2D eigenvalue weighted by Crippen LogP contribution is 2.34. The first-order valence-electron chi connectivity index (χ1n) is 8.01. The number of hydrogen-bond donors (Lipinski definition) is 3. The van der Waals surface area contributed by atoms with Gasteiger partial charge in [-0.1, -0.05) is 22.9 Å². The lowest BCUT2D eigenvalue weighted by Crippen LogP contribution is -2.68. The van der Waals surface area contributed by atoms with Crippen molar-refractivity contribution in [3.8, 4) is 23.1 Å². The molecule has 0 saturated carbocycles. The molecule has 5 N–H and O–H groups in total. The number of ether oxygens (including phenoxy) is 1. The van der Waals surface area contributed by atoms with Crippen LogP contribution in [-0.4, -0.2) is 7.11 Å². The summed E-state index contributed by atoms with van der Waals surface area (Å²) in [4.78, 5) is 0. The number of pyridine rings is 1. The van der Waals surface area contributed by atoms with Gasteiger partial charge < -0.3 is 10.2 Å². The zero-order chi connectivity index (χ0) is 21.8. The summed E-state index contributed by atoms with van der Waals surface area (Å²) in [5.74, 6) is 12.5. The number of hydrogen-bond acceptors (Lipinski definition) is 9. The fourth-order valence-corrected chi connectivity index (χ4v) is 2.91. The van der Waals surface area contributed by atoms with E-state index < -0.39 is 10.2 Å². The minimum Gasteiger partial charge on any atom is -0.495 e. The molecule has 29 heavy (non-hydrogen) atoms. The van der Waals surface area contributed by atoms with E-state index in [0.29, 0.717) is 22.7 Å². The second kappa shape index (κ2) is 8.89. The molecule has 1 aromatic heterocycles. The van der Waals surface area contributed by atoms with Crippen LogP contribution in [0.5, 0.6) is 5.75 Å². The van der Waals surface area contributed by atoms with Gasteiger partial charge in [0.15, 0.2) is 0 Å². The lowest BCUT2D eigenvalue weighted by molar-refractivity contribution is -2.00. The Kier molecular flexibility index (Phi) is 6.78. The highest BCUT2D eigenvalue weighted by molar-refractivity contribution is 5.96. The number of nitriles is 1. The molecule has 0 aliphatic carbocycles. The lowest BCUT2D eigenvalue weighted by Gasteiger charge is -2.17. The molecule has 0 radical (unpaired) electrons. The van der Waals surface area contributed by atoms with Gasteiger partial charge in [0.25, 0.3) is 5.69 Å². The van der Waals surface area contributed by atoms with Crippen molar-refractivity contribution >= 4 is 16.5 Å². The van der Waals surface area contributed by atoms with Crippen LogP contribution in [0.4, 0.5) is 5.69 Å². The van der Waals surface area contributed by atoms with Crippen LogP contribution in [0, 0.1) is 28.5 Å². The van der Waals surface area contributed by atoms with Crippen molar-refractivity contribution in [1.82, 2.24) is 0 Å². The van der Waals surface area contributed by atoms with Crippen molar-refractivity contribution in [2.75, 3.05) is 18.4 Å². The zero-order valence-corrected chi connectivity index (χ0v) is 16.3. The van der Waals surface area contributed by atoms with Gasteiger partial charge in [0.05, 0.1) is 23.7 Å². The van der Waals surface area contributed by atoms with Gasteiger partial charge in [0.2, 0.25) is 5.69 Å². The van der Waals surface area contributed by atoms with Gasteiger partial charge in [-0.2, -0.15) is 5.26 Å². The van der Waals surface area contributed by atoms with Crippen molar-refractivity contribution in [2.24, 2.45) is 5.84 Å². The molecule has 0 aliphatic rings. The van der Waals surface area contributed by atoms with E-state index in [9.17, 15) is 5.26 Å². The molecule has 0 bridgehead atoms. The number of halogens is 1. The minimum atomic E-state index is -4.94. The Bertz CT molecular complexity index is 1060. The molecule has 1 heterocycles. The quantitative estimate of drug-likeness (QED) is 0.229. The fraction of sp³-hybridized carbons (Fsp3) is 0.111. The standard InChI is InChI=1S/C18H17N5O.ClHO4/c1-11-13-9-17(24-2)16(22-20)8-14(13)15(10-19)18(23(11)21)12-6-4-3-5-7-12;2-1(3,4)5/h3-9H,20-21H2,1-2H3;(H,2,3,4,5). The van der Waals surface area contributed by atoms with Gasteiger partial charge in [-0.15, -0.1) is 10.2 Å². The fourth-order valence-electron chi connectivity index (χ4n) is 2.91. The van der Waals surface area contributed by atoms with Crippen molar-refractivity contribution < 1.29 is 38.3 Å². The number of aromatic nitrogens is 1. The summed E-state index contributed by atoms with van der Waals surface area (Å²) < 4.78 is 40.9. The van der Waals surface area contributed by atoms with Crippen LogP contribution < -0.4 is 45.2 Å². The summed E-state index contributed by atoms with van der Waals surface area (Å²) in [6.45, 7) is 1.91. The molecule has 0 amide bonds. The molecular weight excluding hydrogens is 402 g/mol. The van der Waals surface area contributed by atoms with Gasteiger partial charge in [-0.05, 0) is 24.3 Å². The smallest absolute Gasteiger partial charge is 0.260 e. The van der Waals surface area contributed by atoms with Gasteiger partial charge in [0.1, 0.15) is 17.4 Å². The topological polar surface area (TPSA) is 193 Å². The van der Waals surface area contributed by atoms with Crippen LogP contribution in [-0.2, 0) is 0 Å². The average Bonchev–Trinajstić information content (AvgIpc) is 2.68. The first kappa shape index (κ1) is 22.1. The molecule has 0 fully saturated rings. The monoisotopic (exact) mass is 419 g/mol. The summed E-state index contributed by atoms with van der Waals surface area (Å²) in [7, 11) is -3.38. The predicted molar refractivity (Wildman–Crippen MR) is 93.5 cm³/mol. The van der Waals surface area contributed by atoms with Crippen LogP contribution in [0.25, 0.3) is 22.0 Å². The number of hydrazine groups is 1. The van der Waals surface area contributed by atoms with Crippen LogP contribution in [0.2, 0.25) is 0 Å². The van der Waals surface area contributed by atoms with E-state index in [1.54, 1.807) is 11.8 Å². The van der Waals surface area contributed by atoms with Gasteiger partial charge in [-0.25, -0.2) is 24.5 Å². The number of rotatable bonds is 3. The largest absolute Gasteiger partial charge is 0.495 e. The highest BCUT2D eigenvalue weighted by Gasteiger charge is 2.26. The number of benzene rings is 2. The third kappa shape index (κ3) is 5.01. The molecule has 0 saturated heterocycles. The van der Waals surface area contributed by atoms with Gasteiger partial charge in [0, 0.05) is 12.3 Å². The Balaban J connectivity index is 0.000000537. The first-order chi connectivity index (χ1) is 13.6. The van der Waals surface area contributed by atoms with E-state index in [0.717, 1.165) is 22.0 Å². The van der Waals surface area contributed by atoms with Crippen molar-refractivity contribution in [2.45, 2.75) is 6.92 Å². The Morgan fingerprint density at radius 1 is 1.10 bits per heavy atom. The third-order valence-electron chi connectivity index (χ3n) is 4.15. The maximum atomic E-state index is 9.78. The number of nitrogen functional groups attached to an aromatic ring is 2. The summed E-state index contributed by atoms with van der Waals surface area (Å²) in [6.07, 6.45) is 0. The molecule has 0 atom stereocenters. The SMILES string of the molecule is COc1cc2c(C)[n+](N)c(-c3ccccc3)c(C#N)c2cc1NN.[O-][Cl+3]([O-])([O-])[O-]. The second-order valence-electron chi connectivity index (χ2n) is 5.78. The average molecular weight is 420 g/mol. The summed E-state index contributed by atoms with van der Waals surface area (Å²) >= 11 is 0. The normalized spacial score (nSPS) is 10.7. The van der Waals surface area contributed by atoms with Crippen molar-refractivity contribution in [1.29, 1.82) is 5.26 Å². The number of nitrogens with zero attached hydrogens (tertiary/aromatic N) is 2. The van der Waals surface area contributed by atoms with E-state index in [4.69, 9.17) is 35.1 Å². The van der Waals surface area contributed by atoms with Crippen LogP contribution in [0.3, 0.4) is 0 Å². The van der Waals surface area contributed by atoms with Gasteiger partial charge >= 0.3 is 0 Å². The molecule has 0 spiro atoms. The summed E-state index contributed by atoms with van der Waals surface area (Å²) in [6, 6.07) is 15.5. The number of fused-ring (bicyclic) bond motifs is 1. The molecule has 11 heteroatoms. The molecule has 0 unspecified atom stereocenters. The van der Waals surface area contributed by atoms with Crippen molar-refractivity contribution in [3.05, 3.63) is 53.7 Å². The molecule has 0 aliphatic heterocycles. The van der Waals surface area contributed by atoms with Crippen LogP contribution in [0.15, 0.2) is 42.5 Å². The second-order valence-corrected chi connectivity index (χ2v) is 6.53. The molecule has 3 aromatic rings. The van der Waals surface area contributed by atoms with E-state index in [1.165, 1.54) is 0 Å². The summed E-state index contributed by atoms with van der Waals surface area (Å²) in [5, 5.41) is 11.4.